The molecule has 20 heavy (non-hydrogen) atoms. The number of hydrogen-bond donors (Lipinski definition) is 1. The zero-order chi connectivity index (χ0) is 14.4. The minimum atomic E-state index is -0.313. The highest BCUT2D eigenvalue weighted by molar-refractivity contribution is 8.26. The Kier molecular flexibility index (Phi) is 4.97. The van der Waals surface area contributed by atoms with Gasteiger partial charge in [0.05, 0.1) is 18.7 Å². The third kappa shape index (κ3) is 3.97. The van der Waals surface area contributed by atoms with Crippen molar-refractivity contribution in [1.82, 2.24) is 10.5 Å². The van der Waals surface area contributed by atoms with Crippen molar-refractivity contribution in [3.05, 3.63) is 17.2 Å². The van der Waals surface area contributed by atoms with Crippen LogP contribution in [0.4, 0.5) is 0 Å². The lowest BCUT2D eigenvalue weighted by Gasteiger charge is -1.96. The van der Waals surface area contributed by atoms with Crippen molar-refractivity contribution in [1.29, 1.82) is 5.26 Å². The Morgan fingerprint density at radius 1 is 1.65 bits per heavy atom. The number of aromatic nitrogens is 1. The third-order valence-corrected chi connectivity index (χ3v) is 3.21. The Labute approximate surface area is 123 Å². The Hall–Kier alpha value is -2.05. The molecule has 2 rings (SSSR count). The number of carbonyl (C=O) groups excluding carboxylic acids is 1. The fourth-order valence-corrected chi connectivity index (χ4v) is 2.16. The lowest BCUT2D eigenvalue weighted by atomic mass is 10.3. The predicted octanol–water partition coefficient (Wildman–Crippen LogP) is 1.73. The monoisotopic (exact) mass is 311 g/mol. The van der Waals surface area contributed by atoms with E-state index >= 15 is 0 Å². The molecule has 0 unspecified atom stereocenters. The quantitative estimate of drug-likeness (QED) is 0.367. The molecule has 1 aromatic heterocycles. The number of hydrogen-bond acceptors (Lipinski definition) is 8. The summed E-state index contributed by atoms with van der Waals surface area (Å²) in [6.45, 7) is 0.368. The number of nitrogens with zero attached hydrogens (tertiary/aromatic N) is 2. The minimum absolute atomic E-state index is 0.0963. The van der Waals surface area contributed by atoms with Crippen LogP contribution in [0.25, 0.3) is 0 Å². The van der Waals surface area contributed by atoms with Gasteiger partial charge in [0.15, 0.2) is 0 Å². The molecule has 0 aromatic carbocycles. The number of ether oxygens (including phenoxy) is 2. The SMILES string of the molecule is N#CCCCOc1cc(OC=C2SC(=S)NC2=O)on1. The summed E-state index contributed by atoms with van der Waals surface area (Å²) in [5.74, 6) is 0.0434. The number of nitrogens with one attached hydrogen (secondary N) is 1. The fraction of sp³-hybridized carbons (Fsp3) is 0.273. The maximum atomic E-state index is 11.3. The number of nitriles is 1. The van der Waals surface area contributed by atoms with Gasteiger partial charge in [-0.2, -0.15) is 5.26 Å². The maximum absolute atomic E-state index is 11.3. The van der Waals surface area contributed by atoms with Gasteiger partial charge >= 0.3 is 5.95 Å². The molecule has 0 radical (unpaired) electrons. The molecule has 0 saturated carbocycles. The molecule has 0 atom stereocenters. The van der Waals surface area contributed by atoms with E-state index in [1.807, 2.05) is 6.07 Å². The van der Waals surface area contributed by atoms with Gasteiger partial charge in [0, 0.05) is 6.42 Å². The summed E-state index contributed by atoms with van der Waals surface area (Å²) in [6, 6.07) is 3.46. The smallest absolute Gasteiger partial charge is 0.320 e. The van der Waals surface area contributed by atoms with E-state index in [1.54, 1.807) is 0 Å². The van der Waals surface area contributed by atoms with Gasteiger partial charge in [0.2, 0.25) is 0 Å². The van der Waals surface area contributed by atoms with E-state index in [2.05, 4.69) is 10.5 Å². The van der Waals surface area contributed by atoms with Crippen molar-refractivity contribution in [2.45, 2.75) is 12.8 Å². The Morgan fingerprint density at radius 3 is 3.20 bits per heavy atom. The third-order valence-electron chi connectivity index (χ3n) is 2.07. The Bertz CT molecular complexity index is 591. The molecule has 0 aliphatic carbocycles. The van der Waals surface area contributed by atoms with Crippen molar-refractivity contribution in [2.24, 2.45) is 0 Å². The van der Waals surface area contributed by atoms with E-state index in [9.17, 15) is 4.79 Å². The van der Waals surface area contributed by atoms with Crippen LogP contribution in [0.5, 0.6) is 11.8 Å². The first kappa shape index (κ1) is 14.4. The summed E-state index contributed by atoms with van der Waals surface area (Å²) in [4.78, 5) is 11.7. The lowest BCUT2D eigenvalue weighted by Crippen LogP contribution is -2.17. The minimum Gasteiger partial charge on any atom is -0.475 e. The van der Waals surface area contributed by atoms with Gasteiger partial charge < -0.3 is 19.3 Å². The summed E-state index contributed by atoms with van der Waals surface area (Å²) in [5.41, 5.74) is 0. The number of amides is 1. The highest BCUT2D eigenvalue weighted by Crippen LogP contribution is 2.25. The zero-order valence-electron chi connectivity index (χ0n) is 10.1. The Morgan fingerprint density at radius 2 is 2.50 bits per heavy atom. The van der Waals surface area contributed by atoms with Gasteiger partial charge in [-0.25, -0.2) is 0 Å². The molecule has 0 bridgehead atoms. The van der Waals surface area contributed by atoms with Crippen LogP contribution in [0.1, 0.15) is 12.8 Å². The summed E-state index contributed by atoms with van der Waals surface area (Å²) in [6.07, 6.45) is 2.26. The normalized spacial score (nSPS) is 16.1. The molecule has 1 aliphatic rings. The standard InChI is InChI=1S/C11H9N3O4S2/c12-3-1-2-4-16-8-5-9(18-14-8)17-6-7-10(15)13-11(19)20-7/h5-6H,1-2,4H2,(H,13,15,19). The summed E-state index contributed by atoms with van der Waals surface area (Å²) < 4.78 is 15.6. The van der Waals surface area contributed by atoms with Gasteiger partial charge in [0.1, 0.15) is 15.5 Å². The topological polar surface area (TPSA) is 97.4 Å². The molecule has 104 valence electrons. The first-order chi connectivity index (χ1) is 9.69. The maximum Gasteiger partial charge on any atom is 0.320 e. The molecule has 7 nitrogen and oxygen atoms in total. The Balaban J connectivity index is 1.84. The molecule has 1 fully saturated rings. The highest BCUT2D eigenvalue weighted by Gasteiger charge is 2.23. The first-order valence-corrected chi connectivity index (χ1v) is 6.78. The number of rotatable bonds is 6. The number of carbonyl (C=O) groups is 1. The first-order valence-electron chi connectivity index (χ1n) is 5.55. The fourth-order valence-electron chi connectivity index (χ4n) is 1.21. The molecule has 2 heterocycles. The van der Waals surface area contributed by atoms with Crippen molar-refractivity contribution in [2.75, 3.05) is 6.61 Å². The molecule has 0 spiro atoms. The lowest BCUT2D eigenvalue weighted by molar-refractivity contribution is -0.115. The van der Waals surface area contributed by atoms with Crippen LogP contribution >= 0.6 is 24.0 Å². The summed E-state index contributed by atoms with van der Waals surface area (Å²) >= 11 is 5.94. The number of unbranched alkanes of at least 4 members (excludes halogenated alkanes) is 1. The van der Waals surface area contributed by atoms with Gasteiger partial charge in [-0.15, -0.1) is 0 Å². The zero-order valence-corrected chi connectivity index (χ0v) is 11.8. The van der Waals surface area contributed by atoms with E-state index in [0.717, 1.165) is 11.8 Å². The molecule has 1 N–H and O–H groups in total. The van der Waals surface area contributed by atoms with Crippen LogP contribution < -0.4 is 14.8 Å². The van der Waals surface area contributed by atoms with Crippen LogP contribution in [-0.4, -0.2) is 22.0 Å². The van der Waals surface area contributed by atoms with E-state index < -0.39 is 0 Å². The average molecular weight is 311 g/mol. The van der Waals surface area contributed by atoms with Crippen molar-refractivity contribution >= 4 is 34.2 Å². The molecule has 1 saturated heterocycles. The van der Waals surface area contributed by atoms with E-state index in [4.69, 9.17) is 31.5 Å². The van der Waals surface area contributed by atoms with Gasteiger partial charge in [-0.05, 0) is 11.6 Å². The van der Waals surface area contributed by atoms with Crippen LogP contribution in [0.3, 0.4) is 0 Å². The highest BCUT2D eigenvalue weighted by atomic mass is 32.2. The van der Waals surface area contributed by atoms with Crippen LogP contribution in [0.2, 0.25) is 0 Å². The van der Waals surface area contributed by atoms with Crippen molar-refractivity contribution in [3.8, 4) is 17.9 Å². The van der Waals surface area contributed by atoms with Crippen LogP contribution in [0, 0.1) is 11.3 Å². The molecular weight excluding hydrogens is 302 g/mol. The molecular formula is C11H9N3O4S2. The second kappa shape index (κ2) is 6.93. The predicted molar refractivity (Wildman–Crippen MR) is 73.9 cm³/mol. The molecule has 9 heteroatoms. The van der Waals surface area contributed by atoms with E-state index in [-0.39, 0.29) is 17.7 Å². The van der Waals surface area contributed by atoms with Gasteiger partial charge in [0.25, 0.3) is 11.8 Å². The van der Waals surface area contributed by atoms with Crippen LogP contribution in [0.15, 0.2) is 21.8 Å². The van der Waals surface area contributed by atoms with Crippen molar-refractivity contribution in [3.63, 3.8) is 0 Å². The van der Waals surface area contributed by atoms with Crippen LogP contribution in [-0.2, 0) is 4.79 Å². The average Bonchev–Trinajstić information content (AvgIpc) is 2.99. The molecule has 1 aliphatic heterocycles. The van der Waals surface area contributed by atoms with Crippen molar-refractivity contribution < 1.29 is 18.8 Å². The second-order valence-electron chi connectivity index (χ2n) is 3.54. The molecule has 1 aromatic rings. The van der Waals surface area contributed by atoms with E-state index in [1.165, 1.54) is 12.3 Å². The van der Waals surface area contributed by atoms with Gasteiger partial charge in [-0.1, -0.05) is 24.0 Å². The van der Waals surface area contributed by atoms with Gasteiger partial charge in [-0.3, -0.25) is 4.79 Å². The summed E-state index contributed by atoms with van der Waals surface area (Å²) in [7, 11) is 0. The van der Waals surface area contributed by atoms with E-state index in [0.29, 0.717) is 28.7 Å². The second-order valence-corrected chi connectivity index (χ2v) is 5.26. The molecule has 1 amide bonds. The summed E-state index contributed by atoms with van der Waals surface area (Å²) in [5, 5.41) is 14.5. The largest absolute Gasteiger partial charge is 0.475 e. The number of thiocarbonyl (C=S) groups is 1. The number of thioether (sulfide) groups is 1.